The van der Waals surface area contributed by atoms with Crippen molar-refractivity contribution >= 4 is 29.3 Å². The van der Waals surface area contributed by atoms with Gasteiger partial charge >= 0.3 is 5.51 Å². The van der Waals surface area contributed by atoms with Gasteiger partial charge < -0.3 is 10.1 Å². The van der Waals surface area contributed by atoms with Gasteiger partial charge in [-0.25, -0.2) is 0 Å². The number of H-pyrrole nitrogens is 1. The van der Waals surface area contributed by atoms with Gasteiger partial charge in [-0.1, -0.05) is 17.7 Å². The molecule has 0 unspecified atom stereocenters. The Labute approximate surface area is 162 Å². The number of ether oxygens (including phenoxy) is 1. The maximum Gasteiger partial charge on any atom is 0.446 e. The molecule has 0 aliphatic rings. The molecule has 2 N–H and O–H groups in total. The molecule has 0 bridgehead atoms. The molecule has 0 amide bonds. The summed E-state index contributed by atoms with van der Waals surface area (Å²) < 4.78 is 43.0. The van der Waals surface area contributed by atoms with Crippen LogP contribution >= 0.6 is 23.4 Å². The number of benzene rings is 2. The molecule has 0 saturated carbocycles. The maximum absolute atomic E-state index is 12.4. The average molecular weight is 415 g/mol. The standard InChI is InChI=1S/C17H14ClF3N4OS/c1-10-23-16(25-24-10)22-9-13-14(18)3-2-4-15(13)26-11-5-7-12(8-6-11)27-17(19,20)21/h2-8H,9H2,1H3,(H2,22,23,24,25). The Kier molecular flexibility index (Phi) is 5.81. The van der Waals surface area contributed by atoms with Crippen LogP contribution in [0.5, 0.6) is 11.5 Å². The van der Waals surface area contributed by atoms with E-state index in [0.29, 0.717) is 40.4 Å². The monoisotopic (exact) mass is 414 g/mol. The van der Waals surface area contributed by atoms with Gasteiger partial charge in [-0.3, -0.25) is 5.10 Å². The van der Waals surface area contributed by atoms with Gasteiger partial charge in [0.05, 0.1) is 0 Å². The smallest absolute Gasteiger partial charge is 0.446 e. The molecule has 0 atom stereocenters. The first kappa shape index (κ1) is 19.4. The number of alkyl halides is 3. The van der Waals surface area contributed by atoms with Crippen LogP contribution in [0.15, 0.2) is 47.4 Å². The van der Waals surface area contributed by atoms with Gasteiger partial charge in [0.2, 0.25) is 5.95 Å². The van der Waals surface area contributed by atoms with Gasteiger partial charge in [-0.2, -0.15) is 18.2 Å². The highest BCUT2D eigenvalue weighted by Gasteiger charge is 2.29. The largest absolute Gasteiger partial charge is 0.457 e. The summed E-state index contributed by atoms with van der Waals surface area (Å²) in [7, 11) is 0. The van der Waals surface area contributed by atoms with E-state index in [1.165, 1.54) is 24.3 Å². The third-order valence-corrected chi connectivity index (χ3v) is 4.47. The van der Waals surface area contributed by atoms with Gasteiger partial charge in [0, 0.05) is 22.0 Å². The Hall–Kier alpha value is -2.39. The Morgan fingerprint density at radius 3 is 2.56 bits per heavy atom. The molecule has 142 valence electrons. The van der Waals surface area contributed by atoms with E-state index >= 15 is 0 Å². The molecule has 1 heterocycles. The number of rotatable bonds is 6. The van der Waals surface area contributed by atoms with Crippen molar-refractivity contribution in [3.05, 3.63) is 58.9 Å². The van der Waals surface area contributed by atoms with Gasteiger partial charge in [0.15, 0.2) is 0 Å². The number of hydrogen-bond donors (Lipinski definition) is 2. The van der Waals surface area contributed by atoms with Crippen molar-refractivity contribution in [3.63, 3.8) is 0 Å². The molecule has 1 aromatic heterocycles. The van der Waals surface area contributed by atoms with Crippen LogP contribution in [-0.4, -0.2) is 20.7 Å². The van der Waals surface area contributed by atoms with Crippen molar-refractivity contribution in [1.82, 2.24) is 15.2 Å². The Morgan fingerprint density at radius 1 is 1.19 bits per heavy atom. The van der Waals surface area contributed by atoms with Crippen LogP contribution in [0.4, 0.5) is 19.1 Å². The third-order valence-electron chi connectivity index (χ3n) is 3.38. The summed E-state index contributed by atoms with van der Waals surface area (Å²) in [6, 6.07) is 10.8. The number of anilines is 1. The average Bonchev–Trinajstić information content (AvgIpc) is 3.00. The SMILES string of the molecule is Cc1nc(NCc2c(Cl)cccc2Oc2ccc(SC(F)(F)F)cc2)n[nH]1. The summed E-state index contributed by atoms with van der Waals surface area (Å²) in [5.74, 6) is 1.98. The molecule has 0 aliphatic carbocycles. The van der Waals surface area contributed by atoms with Crippen molar-refractivity contribution < 1.29 is 17.9 Å². The quantitative estimate of drug-likeness (QED) is 0.500. The Balaban J connectivity index is 1.73. The van der Waals surface area contributed by atoms with E-state index in [4.69, 9.17) is 16.3 Å². The second-order valence-corrected chi connectivity index (χ2v) is 6.98. The molecule has 0 spiro atoms. The molecule has 3 aromatic rings. The number of hydrogen-bond acceptors (Lipinski definition) is 5. The van der Waals surface area contributed by atoms with Crippen molar-refractivity contribution in [2.45, 2.75) is 23.9 Å². The highest BCUT2D eigenvalue weighted by molar-refractivity contribution is 8.00. The summed E-state index contributed by atoms with van der Waals surface area (Å²) in [5.41, 5.74) is -3.65. The predicted molar refractivity (Wildman–Crippen MR) is 98.3 cm³/mol. The minimum Gasteiger partial charge on any atom is -0.457 e. The lowest BCUT2D eigenvalue weighted by molar-refractivity contribution is -0.0328. The molecule has 0 radical (unpaired) electrons. The molecule has 5 nitrogen and oxygen atoms in total. The molecule has 0 saturated heterocycles. The van der Waals surface area contributed by atoms with Gasteiger partial charge in [0.1, 0.15) is 17.3 Å². The summed E-state index contributed by atoms with van der Waals surface area (Å²) >= 11 is 6.09. The Bertz CT molecular complexity index is 915. The van der Waals surface area contributed by atoms with Gasteiger partial charge in [0.25, 0.3) is 0 Å². The zero-order chi connectivity index (χ0) is 19.4. The normalized spacial score (nSPS) is 11.4. The molecule has 27 heavy (non-hydrogen) atoms. The number of thioether (sulfide) groups is 1. The van der Waals surface area contributed by atoms with E-state index in [1.54, 1.807) is 25.1 Å². The van der Waals surface area contributed by atoms with Crippen molar-refractivity contribution in [3.8, 4) is 11.5 Å². The highest BCUT2D eigenvalue weighted by atomic mass is 35.5. The van der Waals surface area contributed by atoms with E-state index in [0.717, 1.165) is 0 Å². The van der Waals surface area contributed by atoms with E-state index in [2.05, 4.69) is 20.5 Å². The molecule has 3 rings (SSSR count). The third kappa shape index (κ3) is 5.54. The molecule has 0 fully saturated rings. The zero-order valence-electron chi connectivity index (χ0n) is 14.0. The Morgan fingerprint density at radius 2 is 1.93 bits per heavy atom. The first-order valence-corrected chi connectivity index (χ1v) is 8.93. The maximum atomic E-state index is 12.4. The number of halogens is 4. The van der Waals surface area contributed by atoms with Crippen molar-refractivity contribution in [2.75, 3.05) is 5.32 Å². The van der Waals surface area contributed by atoms with Crippen LogP contribution in [0, 0.1) is 6.92 Å². The number of aromatic nitrogens is 3. The summed E-state index contributed by atoms with van der Waals surface area (Å²) in [4.78, 5) is 4.24. The molecular weight excluding hydrogens is 401 g/mol. The number of aryl methyl sites for hydroxylation is 1. The fourth-order valence-electron chi connectivity index (χ4n) is 2.23. The molecule has 2 aromatic carbocycles. The molecule has 0 aliphatic heterocycles. The van der Waals surface area contributed by atoms with Gasteiger partial charge in [-0.05, 0) is 55.1 Å². The lowest BCUT2D eigenvalue weighted by Gasteiger charge is -2.13. The summed E-state index contributed by atoms with van der Waals surface area (Å²) in [6.07, 6.45) is 0. The van der Waals surface area contributed by atoms with Crippen LogP contribution < -0.4 is 10.1 Å². The second-order valence-electron chi connectivity index (χ2n) is 5.44. The first-order valence-electron chi connectivity index (χ1n) is 7.74. The molecule has 10 heteroatoms. The zero-order valence-corrected chi connectivity index (χ0v) is 15.5. The van der Waals surface area contributed by atoms with Crippen LogP contribution in [0.3, 0.4) is 0 Å². The fraction of sp³-hybridized carbons (Fsp3) is 0.176. The van der Waals surface area contributed by atoms with E-state index in [-0.39, 0.29) is 16.7 Å². The lowest BCUT2D eigenvalue weighted by Crippen LogP contribution is -2.03. The minimum absolute atomic E-state index is 0.0859. The number of aromatic amines is 1. The summed E-state index contributed by atoms with van der Waals surface area (Å²) in [6.45, 7) is 2.09. The predicted octanol–water partition coefficient (Wildman–Crippen LogP) is 5.78. The number of nitrogens with one attached hydrogen (secondary N) is 2. The van der Waals surface area contributed by atoms with Crippen LogP contribution in [-0.2, 0) is 6.54 Å². The van der Waals surface area contributed by atoms with Crippen LogP contribution in [0.25, 0.3) is 0 Å². The highest BCUT2D eigenvalue weighted by Crippen LogP contribution is 2.38. The fourth-order valence-corrected chi connectivity index (χ4v) is 3.00. The van der Waals surface area contributed by atoms with Crippen LogP contribution in [0.2, 0.25) is 5.02 Å². The van der Waals surface area contributed by atoms with Crippen molar-refractivity contribution in [2.24, 2.45) is 0 Å². The van der Waals surface area contributed by atoms with Crippen molar-refractivity contribution in [1.29, 1.82) is 0 Å². The summed E-state index contributed by atoms with van der Waals surface area (Å²) in [5, 5.41) is 10.2. The minimum atomic E-state index is -4.33. The van der Waals surface area contributed by atoms with E-state index in [1.807, 2.05) is 0 Å². The second kappa shape index (κ2) is 8.10. The lowest BCUT2D eigenvalue weighted by atomic mass is 10.2. The van der Waals surface area contributed by atoms with Crippen LogP contribution in [0.1, 0.15) is 11.4 Å². The topological polar surface area (TPSA) is 62.8 Å². The molecular formula is C17H14ClF3N4OS. The first-order chi connectivity index (χ1) is 12.8. The van der Waals surface area contributed by atoms with E-state index < -0.39 is 5.51 Å². The van der Waals surface area contributed by atoms with Gasteiger partial charge in [-0.15, -0.1) is 5.10 Å². The van der Waals surface area contributed by atoms with E-state index in [9.17, 15) is 13.2 Å². The number of nitrogens with zero attached hydrogens (tertiary/aromatic N) is 2.